The largest absolute Gasteiger partial charge is 0.380 e. The lowest BCUT2D eigenvalue weighted by Gasteiger charge is -2.34. The van der Waals surface area contributed by atoms with Crippen LogP contribution in [0, 0.1) is 0 Å². The smallest absolute Gasteiger partial charge is 0.0746 e. The van der Waals surface area contributed by atoms with E-state index in [1.54, 1.807) is 7.11 Å². The van der Waals surface area contributed by atoms with Gasteiger partial charge in [-0.05, 0) is 51.3 Å². The van der Waals surface area contributed by atoms with Crippen molar-refractivity contribution >= 4 is 17.3 Å². The Morgan fingerprint density at radius 3 is 2.76 bits per heavy atom. The van der Waals surface area contributed by atoms with Crippen molar-refractivity contribution in [3.05, 3.63) is 28.8 Å². The molecule has 0 aromatic heterocycles. The first-order chi connectivity index (χ1) is 9.89. The van der Waals surface area contributed by atoms with Gasteiger partial charge >= 0.3 is 0 Å². The molecule has 1 unspecified atom stereocenters. The average molecular weight is 311 g/mol. The van der Waals surface area contributed by atoms with Gasteiger partial charge in [-0.2, -0.15) is 0 Å². The molecule has 1 aromatic rings. The van der Waals surface area contributed by atoms with Crippen molar-refractivity contribution in [1.29, 1.82) is 0 Å². The van der Waals surface area contributed by atoms with Crippen LogP contribution in [0.1, 0.15) is 39.2 Å². The van der Waals surface area contributed by atoms with Gasteiger partial charge in [-0.25, -0.2) is 0 Å². The molecular formula is C17H27ClN2O. The summed E-state index contributed by atoms with van der Waals surface area (Å²) >= 11 is 6.49. The van der Waals surface area contributed by atoms with Crippen LogP contribution in [0.2, 0.25) is 5.02 Å². The minimum atomic E-state index is 0.115. The fourth-order valence-electron chi connectivity index (χ4n) is 2.63. The molecule has 1 aliphatic rings. The predicted molar refractivity (Wildman–Crippen MR) is 90.3 cm³/mol. The molecule has 0 amide bonds. The predicted octanol–water partition coefficient (Wildman–Crippen LogP) is 3.84. The maximum Gasteiger partial charge on any atom is 0.0746 e. The Balaban J connectivity index is 2.05. The summed E-state index contributed by atoms with van der Waals surface area (Å²) in [6.07, 6.45) is 2.61. The number of ether oxygens (including phenoxy) is 1. The zero-order valence-corrected chi connectivity index (χ0v) is 14.3. The molecular weight excluding hydrogens is 284 g/mol. The summed E-state index contributed by atoms with van der Waals surface area (Å²) in [6.45, 7) is 9.32. The number of rotatable bonds is 4. The van der Waals surface area contributed by atoms with Gasteiger partial charge in [-0.3, -0.25) is 0 Å². The summed E-state index contributed by atoms with van der Waals surface area (Å²) < 4.78 is 5.49. The van der Waals surface area contributed by atoms with Crippen LogP contribution in [-0.4, -0.2) is 31.8 Å². The van der Waals surface area contributed by atoms with Gasteiger partial charge in [0.05, 0.1) is 16.8 Å². The minimum absolute atomic E-state index is 0.115. The fraction of sp³-hybridized carbons (Fsp3) is 0.647. The van der Waals surface area contributed by atoms with Crippen LogP contribution in [-0.2, 0) is 11.3 Å². The second kappa shape index (κ2) is 6.99. The van der Waals surface area contributed by atoms with Crippen molar-refractivity contribution in [3.8, 4) is 0 Å². The molecule has 1 heterocycles. The second-order valence-corrected chi connectivity index (χ2v) is 7.24. The van der Waals surface area contributed by atoms with E-state index in [2.05, 4.69) is 49.2 Å². The van der Waals surface area contributed by atoms with Crippen molar-refractivity contribution in [2.75, 3.05) is 25.1 Å². The highest BCUT2D eigenvalue weighted by atomic mass is 35.5. The van der Waals surface area contributed by atoms with E-state index < -0.39 is 0 Å². The Morgan fingerprint density at radius 1 is 1.38 bits per heavy atom. The highest BCUT2D eigenvalue weighted by Crippen LogP contribution is 2.29. The Hall–Kier alpha value is -0.770. The SMILES string of the molecule is COC1CCCN(c2ccc(CNC(C)(C)C)cc2Cl)C1. The first-order valence-electron chi connectivity index (χ1n) is 7.70. The van der Waals surface area contributed by atoms with Crippen molar-refractivity contribution < 1.29 is 4.74 Å². The molecule has 1 atom stereocenters. The quantitative estimate of drug-likeness (QED) is 0.914. The third kappa shape index (κ3) is 4.87. The van der Waals surface area contributed by atoms with E-state index in [1.807, 2.05) is 0 Å². The van der Waals surface area contributed by atoms with Crippen molar-refractivity contribution in [1.82, 2.24) is 5.32 Å². The average Bonchev–Trinajstić information content (AvgIpc) is 2.44. The summed E-state index contributed by atoms with van der Waals surface area (Å²) in [4.78, 5) is 2.33. The van der Waals surface area contributed by atoms with Crippen LogP contribution < -0.4 is 10.2 Å². The van der Waals surface area contributed by atoms with Crippen LogP contribution in [0.15, 0.2) is 18.2 Å². The molecule has 0 radical (unpaired) electrons. The maximum absolute atomic E-state index is 6.49. The van der Waals surface area contributed by atoms with Crippen LogP contribution in [0.25, 0.3) is 0 Å². The number of hydrogen-bond acceptors (Lipinski definition) is 3. The minimum Gasteiger partial charge on any atom is -0.380 e. The van der Waals surface area contributed by atoms with Gasteiger partial charge in [-0.15, -0.1) is 0 Å². The molecule has 0 saturated carbocycles. The lowest BCUT2D eigenvalue weighted by atomic mass is 10.1. The molecule has 0 spiro atoms. The van der Waals surface area contributed by atoms with Crippen molar-refractivity contribution in [2.24, 2.45) is 0 Å². The molecule has 21 heavy (non-hydrogen) atoms. The van der Waals surface area contributed by atoms with E-state index in [0.29, 0.717) is 6.10 Å². The summed E-state index contributed by atoms with van der Waals surface area (Å²) in [5.74, 6) is 0. The van der Waals surface area contributed by atoms with Gasteiger partial charge in [0.2, 0.25) is 0 Å². The zero-order chi connectivity index (χ0) is 15.5. The highest BCUT2D eigenvalue weighted by molar-refractivity contribution is 6.33. The van der Waals surface area contributed by atoms with Gasteiger partial charge in [0.1, 0.15) is 0 Å². The van der Waals surface area contributed by atoms with E-state index in [-0.39, 0.29) is 5.54 Å². The molecule has 1 N–H and O–H groups in total. The molecule has 1 saturated heterocycles. The molecule has 1 fully saturated rings. The standard InChI is InChI=1S/C17H27ClN2O/c1-17(2,3)19-11-13-7-8-16(15(18)10-13)20-9-5-6-14(12-20)21-4/h7-8,10,14,19H,5-6,9,11-12H2,1-4H3. The molecule has 2 rings (SSSR count). The molecule has 1 aliphatic heterocycles. The summed E-state index contributed by atoms with van der Waals surface area (Å²) in [7, 11) is 1.79. The lowest BCUT2D eigenvalue weighted by molar-refractivity contribution is 0.0893. The van der Waals surface area contributed by atoms with Gasteiger partial charge < -0.3 is 15.0 Å². The van der Waals surface area contributed by atoms with Crippen molar-refractivity contribution in [3.63, 3.8) is 0 Å². The van der Waals surface area contributed by atoms with Gasteiger partial charge in [0.25, 0.3) is 0 Å². The lowest BCUT2D eigenvalue weighted by Crippen LogP contribution is -2.39. The van der Waals surface area contributed by atoms with Crippen molar-refractivity contribution in [2.45, 2.75) is 51.8 Å². The Labute approximate surface area is 133 Å². The maximum atomic E-state index is 6.49. The number of anilines is 1. The van der Waals surface area contributed by atoms with E-state index in [1.165, 1.54) is 5.56 Å². The number of nitrogens with zero attached hydrogens (tertiary/aromatic N) is 1. The van der Waals surface area contributed by atoms with Gasteiger partial charge in [-0.1, -0.05) is 17.7 Å². The first kappa shape index (κ1) is 16.6. The summed E-state index contributed by atoms with van der Waals surface area (Å²) in [6, 6.07) is 6.38. The molecule has 4 heteroatoms. The summed E-state index contributed by atoms with van der Waals surface area (Å²) in [5, 5.41) is 4.32. The monoisotopic (exact) mass is 310 g/mol. The highest BCUT2D eigenvalue weighted by Gasteiger charge is 2.21. The molecule has 118 valence electrons. The topological polar surface area (TPSA) is 24.5 Å². The fourth-order valence-corrected chi connectivity index (χ4v) is 2.96. The Kier molecular flexibility index (Phi) is 5.53. The van der Waals surface area contributed by atoms with Crippen LogP contribution >= 0.6 is 11.6 Å². The summed E-state index contributed by atoms with van der Waals surface area (Å²) in [5.41, 5.74) is 2.46. The molecule has 3 nitrogen and oxygen atoms in total. The third-order valence-corrected chi connectivity index (χ3v) is 4.19. The Bertz CT molecular complexity index is 470. The normalized spacial score (nSPS) is 19.9. The van der Waals surface area contributed by atoms with Crippen LogP contribution in [0.5, 0.6) is 0 Å². The number of methoxy groups -OCH3 is 1. The van der Waals surface area contributed by atoms with Gasteiger partial charge in [0.15, 0.2) is 0 Å². The number of halogens is 1. The number of piperidine rings is 1. The van der Waals surface area contributed by atoms with E-state index in [9.17, 15) is 0 Å². The molecule has 0 bridgehead atoms. The molecule has 0 aliphatic carbocycles. The molecule has 1 aromatic carbocycles. The number of nitrogens with one attached hydrogen (secondary N) is 1. The van der Waals surface area contributed by atoms with Crippen LogP contribution in [0.4, 0.5) is 5.69 Å². The van der Waals surface area contributed by atoms with Crippen LogP contribution in [0.3, 0.4) is 0 Å². The van der Waals surface area contributed by atoms with Gasteiger partial charge in [0, 0.05) is 32.3 Å². The number of benzene rings is 1. The van der Waals surface area contributed by atoms with E-state index >= 15 is 0 Å². The zero-order valence-electron chi connectivity index (χ0n) is 13.6. The second-order valence-electron chi connectivity index (χ2n) is 6.84. The first-order valence-corrected chi connectivity index (χ1v) is 8.08. The number of hydrogen-bond donors (Lipinski definition) is 1. The third-order valence-electron chi connectivity index (χ3n) is 3.89. The Morgan fingerprint density at radius 2 is 2.14 bits per heavy atom. The van der Waals surface area contributed by atoms with E-state index in [0.717, 1.165) is 43.2 Å². The van der Waals surface area contributed by atoms with E-state index in [4.69, 9.17) is 16.3 Å².